The van der Waals surface area contributed by atoms with Crippen molar-refractivity contribution in [2.45, 2.75) is 51.2 Å². The molecule has 0 aliphatic rings. The summed E-state index contributed by atoms with van der Waals surface area (Å²) in [5.74, 6) is -0.785. The van der Waals surface area contributed by atoms with Gasteiger partial charge in [-0.3, -0.25) is 13.9 Å². The number of rotatable bonds is 10. The lowest BCUT2D eigenvalue weighted by Crippen LogP contribution is -2.52. The van der Waals surface area contributed by atoms with Gasteiger partial charge in [0.2, 0.25) is 11.8 Å². The van der Waals surface area contributed by atoms with Crippen LogP contribution in [0.15, 0.2) is 89.8 Å². The topological polar surface area (TPSA) is 86.8 Å². The molecule has 7 nitrogen and oxygen atoms in total. The van der Waals surface area contributed by atoms with Crippen LogP contribution < -0.4 is 9.62 Å². The molecule has 3 aromatic rings. The molecular weight excluding hydrogens is 474 g/mol. The SMILES string of the molecule is Cc1ccc(N(CC(=O)N(Cc2ccccc2)[C@H](C)C(=O)NC(C)C)S(=O)(=O)c2ccccc2)cc1. The molecule has 0 fully saturated rings. The first-order chi connectivity index (χ1) is 17.1. The molecule has 2 amide bonds. The molecule has 3 aromatic carbocycles. The molecule has 36 heavy (non-hydrogen) atoms. The number of hydrogen-bond donors (Lipinski definition) is 1. The van der Waals surface area contributed by atoms with Crippen molar-refractivity contribution >= 4 is 27.5 Å². The Bertz CT molecular complexity index is 1260. The molecule has 0 spiro atoms. The highest BCUT2D eigenvalue weighted by Gasteiger charge is 2.32. The molecular formula is C28H33N3O4S. The van der Waals surface area contributed by atoms with Gasteiger partial charge in [0.05, 0.1) is 10.6 Å². The van der Waals surface area contributed by atoms with Gasteiger partial charge in [0.15, 0.2) is 0 Å². The summed E-state index contributed by atoms with van der Waals surface area (Å²) in [7, 11) is -4.05. The smallest absolute Gasteiger partial charge is 0.264 e. The Morgan fingerprint density at radius 2 is 1.39 bits per heavy atom. The van der Waals surface area contributed by atoms with E-state index in [1.165, 1.54) is 17.0 Å². The second-order valence-corrected chi connectivity index (χ2v) is 10.9. The zero-order valence-corrected chi connectivity index (χ0v) is 21.9. The van der Waals surface area contributed by atoms with Crippen molar-refractivity contribution in [1.82, 2.24) is 10.2 Å². The summed E-state index contributed by atoms with van der Waals surface area (Å²) in [4.78, 5) is 28.1. The van der Waals surface area contributed by atoms with Crippen LogP contribution in [0, 0.1) is 6.92 Å². The van der Waals surface area contributed by atoms with E-state index in [-0.39, 0.29) is 23.4 Å². The van der Waals surface area contributed by atoms with E-state index in [0.717, 1.165) is 15.4 Å². The number of nitrogens with zero attached hydrogens (tertiary/aromatic N) is 2. The molecule has 3 rings (SSSR count). The molecule has 0 aromatic heterocycles. The van der Waals surface area contributed by atoms with Gasteiger partial charge in [-0.25, -0.2) is 8.42 Å². The number of carbonyl (C=O) groups excluding carboxylic acids is 2. The lowest BCUT2D eigenvalue weighted by molar-refractivity contribution is -0.139. The fourth-order valence-electron chi connectivity index (χ4n) is 3.73. The molecule has 0 unspecified atom stereocenters. The van der Waals surface area contributed by atoms with Crippen molar-refractivity contribution < 1.29 is 18.0 Å². The highest BCUT2D eigenvalue weighted by Crippen LogP contribution is 2.25. The van der Waals surface area contributed by atoms with Crippen molar-refractivity contribution in [1.29, 1.82) is 0 Å². The van der Waals surface area contributed by atoms with E-state index < -0.39 is 28.5 Å². The molecule has 1 atom stereocenters. The molecule has 190 valence electrons. The molecule has 0 bridgehead atoms. The first-order valence-electron chi connectivity index (χ1n) is 11.9. The summed E-state index contributed by atoms with van der Waals surface area (Å²) in [6, 6.07) is 23.4. The molecule has 0 saturated carbocycles. The fraction of sp³-hybridized carbons (Fsp3) is 0.286. The van der Waals surface area contributed by atoms with E-state index in [9.17, 15) is 18.0 Å². The highest BCUT2D eigenvalue weighted by molar-refractivity contribution is 7.92. The van der Waals surface area contributed by atoms with Crippen molar-refractivity contribution in [3.05, 3.63) is 96.1 Å². The van der Waals surface area contributed by atoms with Gasteiger partial charge in [-0.1, -0.05) is 66.2 Å². The van der Waals surface area contributed by atoms with Crippen LogP contribution in [0.25, 0.3) is 0 Å². The third-order valence-corrected chi connectivity index (χ3v) is 7.51. The number of aryl methyl sites for hydroxylation is 1. The van der Waals surface area contributed by atoms with Gasteiger partial charge in [-0.2, -0.15) is 0 Å². The van der Waals surface area contributed by atoms with Gasteiger partial charge in [-0.15, -0.1) is 0 Å². The number of carbonyl (C=O) groups is 2. The predicted molar refractivity (Wildman–Crippen MR) is 142 cm³/mol. The lowest BCUT2D eigenvalue weighted by Gasteiger charge is -2.32. The minimum Gasteiger partial charge on any atom is -0.352 e. The summed E-state index contributed by atoms with van der Waals surface area (Å²) in [5, 5.41) is 2.85. The Morgan fingerprint density at radius 1 is 0.833 bits per heavy atom. The van der Waals surface area contributed by atoms with Gasteiger partial charge in [0, 0.05) is 12.6 Å². The minimum absolute atomic E-state index is 0.0820. The Labute approximate surface area is 213 Å². The van der Waals surface area contributed by atoms with Gasteiger partial charge in [-0.05, 0) is 57.5 Å². The Hall–Kier alpha value is -3.65. The van der Waals surface area contributed by atoms with Crippen LogP contribution in [0.5, 0.6) is 0 Å². The number of hydrogen-bond acceptors (Lipinski definition) is 4. The molecule has 0 heterocycles. The van der Waals surface area contributed by atoms with Crippen LogP contribution >= 0.6 is 0 Å². The first kappa shape index (κ1) is 26.9. The maximum Gasteiger partial charge on any atom is 0.264 e. The normalized spacial score (nSPS) is 12.1. The van der Waals surface area contributed by atoms with Crippen molar-refractivity contribution in [3.63, 3.8) is 0 Å². The Kier molecular flexibility index (Phi) is 8.88. The van der Waals surface area contributed by atoms with Gasteiger partial charge < -0.3 is 10.2 Å². The quantitative estimate of drug-likeness (QED) is 0.447. The second kappa shape index (κ2) is 11.9. The Balaban J connectivity index is 2.00. The molecule has 8 heteroatoms. The van der Waals surface area contributed by atoms with E-state index in [4.69, 9.17) is 0 Å². The monoisotopic (exact) mass is 507 g/mol. The van der Waals surface area contributed by atoms with E-state index >= 15 is 0 Å². The maximum absolute atomic E-state index is 13.7. The van der Waals surface area contributed by atoms with E-state index in [2.05, 4.69) is 5.32 Å². The number of sulfonamides is 1. The van der Waals surface area contributed by atoms with Crippen LogP contribution in [0.2, 0.25) is 0 Å². The summed E-state index contributed by atoms with van der Waals surface area (Å²) in [6.45, 7) is 6.97. The number of amides is 2. The lowest BCUT2D eigenvalue weighted by atomic mass is 10.1. The van der Waals surface area contributed by atoms with E-state index in [1.807, 2.05) is 51.1 Å². The predicted octanol–water partition coefficient (Wildman–Crippen LogP) is 4.13. The third-order valence-electron chi connectivity index (χ3n) is 5.73. The third kappa shape index (κ3) is 6.73. The minimum atomic E-state index is -4.05. The number of nitrogens with one attached hydrogen (secondary N) is 1. The molecule has 0 aliphatic heterocycles. The van der Waals surface area contributed by atoms with Crippen LogP contribution in [0.4, 0.5) is 5.69 Å². The van der Waals surface area contributed by atoms with Crippen LogP contribution in [-0.2, 0) is 26.2 Å². The summed E-state index contributed by atoms with van der Waals surface area (Å²) < 4.78 is 28.4. The number of benzene rings is 3. The molecule has 0 aliphatic carbocycles. The van der Waals surface area contributed by atoms with Gasteiger partial charge in [0.25, 0.3) is 10.0 Å². The van der Waals surface area contributed by atoms with E-state index in [0.29, 0.717) is 5.69 Å². The largest absolute Gasteiger partial charge is 0.352 e. The van der Waals surface area contributed by atoms with Crippen molar-refractivity contribution in [2.75, 3.05) is 10.8 Å². The second-order valence-electron chi connectivity index (χ2n) is 9.01. The average molecular weight is 508 g/mol. The van der Waals surface area contributed by atoms with Crippen LogP contribution in [0.3, 0.4) is 0 Å². The first-order valence-corrected chi connectivity index (χ1v) is 13.3. The van der Waals surface area contributed by atoms with Crippen molar-refractivity contribution in [3.8, 4) is 0 Å². The molecule has 0 radical (unpaired) electrons. The summed E-state index contributed by atoms with van der Waals surface area (Å²) >= 11 is 0. The zero-order chi connectivity index (χ0) is 26.3. The maximum atomic E-state index is 13.7. The summed E-state index contributed by atoms with van der Waals surface area (Å²) in [5.41, 5.74) is 2.17. The van der Waals surface area contributed by atoms with Gasteiger partial charge >= 0.3 is 0 Å². The van der Waals surface area contributed by atoms with Crippen LogP contribution in [0.1, 0.15) is 31.9 Å². The average Bonchev–Trinajstić information content (AvgIpc) is 2.86. The standard InChI is InChI=1S/C28H33N3O4S/c1-21(2)29-28(33)23(4)30(19-24-11-7-5-8-12-24)27(32)20-31(25-17-15-22(3)16-18-25)36(34,35)26-13-9-6-10-14-26/h5-18,21,23H,19-20H2,1-4H3,(H,29,33)/t23-/m1/s1. The Morgan fingerprint density at radius 3 is 1.94 bits per heavy atom. The highest BCUT2D eigenvalue weighted by atomic mass is 32.2. The molecule has 0 saturated heterocycles. The zero-order valence-electron chi connectivity index (χ0n) is 21.1. The summed E-state index contributed by atoms with van der Waals surface area (Å²) in [6.07, 6.45) is 0. The molecule has 1 N–H and O–H groups in total. The fourth-order valence-corrected chi connectivity index (χ4v) is 5.16. The van der Waals surface area contributed by atoms with Crippen molar-refractivity contribution in [2.24, 2.45) is 0 Å². The van der Waals surface area contributed by atoms with Crippen LogP contribution in [-0.4, -0.2) is 43.8 Å². The van der Waals surface area contributed by atoms with Gasteiger partial charge in [0.1, 0.15) is 12.6 Å². The van der Waals surface area contributed by atoms with E-state index in [1.54, 1.807) is 49.4 Å². The number of anilines is 1.